The van der Waals surface area contributed by atoms with E-state index < -0.39 is 46.6 Å². The number of hydrogen-bond donors (Lipinski definition) is 0. The first-order chi connectivity index (χ1) is 9.57. The van der Waals surface area contributed by atoms with E-state index >= 15 is 0 Å². The van der Waals surface area contributed by atoms with Gasteiger partial charge in [0.25, 0.3) is 0 Å². The fourth-order valence-electron chi connectivity index (χ4n) is 1.73. The Morgan fingerprint density at radius 1 is 0.905 bits per heavy atom. The lowest BCUT2D eigenvalue weighted by Gasteiger charge is -2.19. The molecule has 0 unspecified atom stereocenters. The van der Waals surface area contributed by atoms with Gasteiger partial charge in [-0.05, 0) is 6.07 Å². The van der Waals surface area contributed by atoms with Crippen molar-refractivity contribution in [2.75, 3.05) is 0 Å². The molecule has 0 aliphatic heterocycles. The normalized spacial score (nSPS) is 11.4. The minimum Gasteiger partial charge on any atom is -0.198 e. The van der Waals surface area contributed by atoms with Crippen LogP contribution in [0.25, 0.3) is 0 Å². The zero-order valence-electron chi connectivity index (χ0n) is 9.89. The summed E-state index contributed by atoms with van der Waals surface area (Å²) in [5, 5.41) is 26.0. The molecule has 0 saturated carbocycles. The van der Waals surface area contributed by atoms with E-state index in [0.29, 0.717) is 0 Å². The van der Waals surface area contributed by atoms with Gasteiger partial charge >= 0.3 is 12.4 Å². The summed E-state index contributed by atoms with van der Waals surface area (Å²) in [6.07, 6.45) is -11.6. The number of halogens is 6. The molecule has 1 aromatic carbocycles. The molecular weight excluding hydrogens is 300 g/mol. The maximum absolute atomic E-state index is 12.9. The zero-order valence-corrected chi connectivity index (χ0v) is 9.89. The molecule has 0 saturated heterocycles. The van der Waals surface area contributed by atoms with Gasteiger partial charge in [-0.3, -0.25) is 0 Å². The molecule has 9 heteroatoms. The van der Waals surface area contributed by atoms with E-state index in [4.69, 9.17) is 15.8 Å². The minimum absolute atomic E-state index is 0.0103. The van der Waals surface area contributed by atoms with Crippen LogP contribution in [0.4, 0.5) is 26.3 Å². The van der Waals surface area contributed by atoms with E-state index in [1.165, 1.54) is 12.1 Å². The molecule has 3 nitrogen and oxygen atoms in total. The summed E-state index contributed by atoms with van der Waals surface area (Å²) < 4.78 is 76.8. The van der Waals surface area contributed by atoms with Gasteiger partial charge in [-0.1, -0.05) is 0 Å². The third-order valence-electron chi connectivity index (χ3n) is 2.51. The summed E-state index contributed by atoms with van der Waals surface area (Å²) in [5.41, 5.74) is -7.10. The maximum atomic E-state index is 12.9. The molecule has 0 aromatic heterocycles. The van der Waals surface area contributed by atoms with Crippen LogP contribution in [0.5, 0.6) is 0 Å². The highest BCUT2D eigenvalue weighted by Crippen LogP contribution is 2.43. The molecule has 0 aliphatic rings. The van der Waals surface area contributed by atoms with Crippen molar-refractivity contribution in [3.8, 4) is 18.2 Å². The molecule has 0 aliphatic carbocycles. The molecule has 0 fully saturated rings. The Kier molecular flexibility index (Phi) is 4.15. The summed E-state index contributed by atoms with van der Waals surface area (Å²) in [7, 11) is 0. The van der Waals surface area contributed by atoms with Crippen LogP contribution in [0.1, 0.15) is 27.8 Å². The fourth-order valence-corrected chi connectivity index (χ4v) is 1.73. The highest BCUT2D eigenvalue weighted by molar-refractivity contribution is 5.58. The van der Waals surface area contributed by atoms with Crippen LogP contribution in [0.15, 0.2) is 6.07 Å². The van der Waals surface area contributed by atoms with E-state index in [1.807, 2.05) is 0 Å². The Bertz CT molecular complexity index is 695. The van der Waals surface area contributed by atoms with Crippen molar-refractivity contribution in [2.24, 2.45) is 0 Å². The molecular formula is C12H3F6N3. The van der Waals surface area contributed by atoms with Gasteiger partial charge in [-0.2, -0.15) is 42.1 Å². The molecule has 0 spiro atoms. The summed E-state index contributed by atoms with van der Waals surface area (Å²) in [6.45, 7) is 0. The average Bonchev–Trinajstić information content (AvgIpc) is 2.35. The topological polar surface area (TPSA) is 71.4 Å². The summed E-state index contributed by atoms with van der Waals surface area (Å²) in [5.74, 6) is 0. The number of nitriles is 3. The second-order valence-corrected chi connectivity index (χ2v) is 3.75. The smallest absolute Gasteiger partial charge is 0.198 e. The Labute approximate surface area is 114 Å². The number of alkyl halides is 6. The number of hydrogen-bond acceptors (Lipinski definition) is 3. The van der Waals surface area contributed by atoms with Gasteiger partial charge in [0, 0.05) is 5.56 Å². The van der Waals surface area contributed by atoms with Crippen molar-refractivity contribution in [1.29, 1.82) is 15.8 Å². The molecule has 0 heterocycles. The standard InChI is InChI=1S/C12H3F6N3/c13-11(14,15)9-3-6(4-20)7(1-2-19)8(5-21)10(9)12(16,17)18/h3H,1H2. The molecule has 0 N–H and O–H groups in total. The van der Waals surface area contributed by atoms with Crippen LogP contribution in [0, 0.1) is 34.0 Å². The highest BCUT2D eigenvalue weighted by atomic mass is 19.4. The first-order valence-electron chi connectivity index (χ1n) is 5.09. The predicted octanol–water partition coefficient (Wildman–Crippen LogP) is 3.53. The SMILES string of the molecule is N#CCc1c(C#N)cc(C(F)(F)F)c(C(F)(F)F)c1C#N. The van der Waals surface area contributed by atoms with Gasteiger partial charge in [-0.25, -0.2) is 0 Å². The van der Waals surface area contributed by atoms with Crippen molar-refractivity contribution in [3.05, 3.63) is 33.9 Å². The Hall–Kier alpha value is -2.73. The first kappa shape index (κ1) is 16.3. The van der Waals surface area contributed by atoms with Crippen molar-refractivity contribution < 1.29 is 26.3 Å². The number of benzene rings is 1. The van der Waals surface area contributed by atoms with Gasteiger partial charge in [0.05, 0.1) is 40.8 Å². The van der Waals surface area contributed by atoms with Crippen LogP contribution in [0.3, 0.4) is 0 Å². The monoisotopic (exact) mass is 303 g/mol. The lowest BCUT2D eigenvalue weighted by atomic mass is 9.90. The highest BCUT2D eigenvalue weighted by Gasteiger charge is 2.46. The predicted molar refractivity (Wildman–Crippen MR) is 55.2 cm³/mol. The summed E-state index contributed by atoms with van der Waals surface area (Å²) in [4.78, 5) is 0. The van der Waals surface area contributed by atoms with Crippen LogP contribution < -0.4 is 0 Å². The lowest BCUT2D eigenvalue weighted by molar-refractivity contribution is -0.162. The van der Waals surface area contributed by atoms with Crippen molar-refractivity contribution in [1.82, 2.24) is 0 Å². The van der Waals surface area contributed by atoms with E-state index in [2.05, 4.69) is 0 Å². The van der Waals surface area contributed by atoms with Gasteiger partial charge < -0.3 is 0 Å². The number of nitrogens with zero attached hydrogens (tertiary/aromatic N) is 3. The lowest BCUT2D eigenvalue weighted by Crippen LogP contribution is -2.20. The fraction of sp³-hybridized carbons (Fsp3) is 0.250. The third kappa shape index (κ3) is 3.06. The Balaban J connectivity index is 4.00. The molecule has 1 rings (SSSR count). The molecule has 21 heavy (non-hydrogen) atoms. The third-order valence-corrected chi connectivity index (χ3v) is 2.51. The van der Waals surface area contributed by atoms with Crippen molar-refractivity contribution in [3.63, 3.8) is 0 Å². The van der Waals surface area contributed by atoms with Gasteiger partial charge in [0.2, 0.25) is 0 Å². The molecule has 108 valence electrons. The quantitative estimate of drug-likeness (QED) is 0.745. The molecule has 0 radical (unpaired) electrons. The number of rotatable bonds is 1. The van der Waals surface area contributed by atoms with Gasteiger partial charge in [0.1, 0.15) is 6.07 Å². The van der Waals surface area contributed by atoms with Gasteiger partial charge in [-0.15, -0.1) is 0 Å². The minimum atomic E-state index is -5.45. The first-order valence-corrected chi connectivity index (χ1v) is 5.09. The van der Waals surface area contributed by atoms with Gasteiger partial charge in [0.15, 0.2) is 0 Å². The molecule has 0 bridgehead atoms. The van der Waals surface area contributed by atoms with Crippen LogP contribution in [-0.4, -0.2) is 0 Å². The largest absolute Gasteiger partial charge is 0.418 e. The summed E-state index contributed by atoms with van der Waals surface area (Å²) >= 11 is 0. The summed E-state index contributed by atoms with van der Waals surface area (Å²) in [6, 6.07) is 3.73. The second-order valence-electron chi connectivity index (χ2n) is 3.75. The van der Waals surface area contributed by atoms with Crippen LogP contribution in [0.2, 0.25) is 0 Å². The Morgan fingerprint density at radius 3 is 1.81 bits per heavy atom. The van der Waals surface area contributed by atoms with Crippen LogP contribution in [-0.2, 0) is 18.8 Å². The van der Waals surface area contributed by atoms with Crippen molar-refractivity contribution in [2.45, 2.75) is 18.8 Å². The van der Waals surface area contributed by atoms with E-state index in [0.717, 1.165) is 6.07 Å². The maximum Gasteiger partial charge on any atom is 0.418 e. The van der Waals surface area contributed by atoms with Crippen LogP contribution >= 0.6 is 0 Å². The second kappa shape index (κ2) is 5.34. The Morgan fingerprint density at radius 2 is 1.48 bits per heavy atom. The average molecular weight is 303 g/mol. The van der Waals surface area contributed by atoms with E-state index in [-0.39, 0.29) is 6.07 Å². The van der Waals surface area contributed by atoms with E-state index in [9.17, 15) is 26.3 Å². The molecule has 0 atom stereocenters. The van der Waals surface area contributed by atoms with E-state index in [1.54, 1.807) is 0 Å². The zero-order chi connectivity index (χ0) is 16.4. The molecule has 1 aromatic rings. The molecule has 0 amide bonds. The van der Waals surface area contributed by atoms with Crippen molar-refractivity contribution >= 4 is 0 Å².